The van der Waals surface area contributed by atoms with Crippen LogP contribution in [0.3, 0.4) is 0 Å². The third-order valence-electron chi connectivity index (χ3n) is 4.78. The van der Waals surface area contributed by atoms with Gasteiger partial charge in [0.15, 0.2) is 0 Å². The average Bonchev–Trinajstić information content (AvgIpc) is 3.20. The van der Waals surface area contributed by atoms with Crippen LogP contribution in [0.2, 0.25) is 10.0 Å². The molecular formula is C23H21Cl2N5O2. The van der Waals surface area contributed by atoms with Crippen molar-refractivity contribution in [1.29, 1.82) is 0 Å². The number of hydrogen-bond donors (Lipinski definition) is 3. The smallest absolute Gasteiger partial charge is 0.254 e. The van der Waals surface area contributed by atoms with Crippen LogP contribution in [0.15, 0.2) is 60.9 Å². The lowest BCUT2D eigenvalue weighted by atomic mass is 10.0. The maximum absolute atomic E-state index is 13.0. The van der Waals surface area contributed by atoms with Gasteiger partial charge in [0.2, 0.25) is 5.91 Å². The van der Waals surface area contributed by atoms with Gasteiger partial charge in [-0.1, -0.05) is 42.8 Å². The van der Waals surface area contributed by atoms with Crippen LogP contribution < -0.4 is 11.1 Å². The number of carbonyl (C=O) groups is 2. The minimum Gasteiger partial charge on any atom is -0.368 e. The van der Waals surface area contributed by atoms with Crippen molar-refractivity contribution >= 4 is 46.0 Å². The van der Waals surface area contributed by atoms with E-state index in [1.54, 1.807) is 42.7 Å². The van der Waals surface area contributed by atoms with Crippen molar-refractivity contribution in [1.82, 2.24) is 20.3 Å². The summed E-state index contributed by atoms with van der Waals surface area (Å²) in [7, 11) is 0. The van der Waals surface area contributed by atoms with Crippen molar-refractivity contribution in [3.05, 3.63) is 82.1 Å². The van der Waals surface area contributed by atoms with E-state index in [0.717, 1.165) is 11.1 Å². The number of H-pyrrole nitrogens is 1. The van der Waals surface area contributed by atoms with Gasteiger partial charge < -0.3 is 16.0 Å². The van der Waals surface area contributed by atoms with Gasteiger partial charge in [-0.15, -0.1) is 0 Å². The number of aromatic nitrogens is 3. The fourth-order valence-corrected chi connectivity index (χ4v) is 3.54. The lowest BCUT2D eigenvalue weighted by Gasteiger charge is -2.16. The van der Waals surface area contributed by atoms with Crippen molar-refractivity contribution in [2.75, 3.05) is 0 Å². The van der Waals surface area contributed by atoms with E-state index in [9.17, 15) is 9.59 Å². The highest BCUT2D eigenvalue weighted by Crippen LogP contribution is 2.24. The molecule has 4 N–H and O–H groups in total. The number of benzene rings is 2. The number of aromatic amines is 1. The molecule has 4 aromatic rings. The summed E-state index contributed by atoms with van der Waals surface area (Å²) in [5, 5.41) is 3.47. The first-order valence-corrected chi connectivity index (χ1v) is 10.1. The standard InChI is InChI=1S/C22H17Cl2N5O2.CH4/c23-15-5-4-12(10-16(15)24)11-18(20(25)30)28-22(31)14-2-1-3-17-19(14)29-21(27-17)13-6-8-26-9-7-13;/h1-10,18H,11H2,(H2,25,30)(H,27,29)(H,28,31);1H4/t18-;/m1./s1. The molecule has 2 aromatic carbocycles. The van der Waals surface area contributed by atoms with E-state index in [1.165, 1.54) is 0 Å². The number of primary amides is 1. The summed E-state index contributed by atoms with van der Waals surface area (Å²) in [6.07, 6.45) is 3.50. The summed E-state index contributed by atoms with van der Waals surface area (Å²) >= 11 is 12.0. The molecule has 32 heavy (non-hydrogen) atoms. The molecule has 164 valence electrons. The summed E-state index contributed by atoms with van der Waals surface area (Å²) in [6.45, 7) is 0. The first-order valence-electron chi connectivity index (χ1n) is 9.35. The van der Waals surface area contributed by atoms with E-state index in [-0.39, 0.29) is 13.8 Å². The fraction of sp³-hybridized carbons (Fsp3) is 0.130. The van der Waals surface area contributed by atoms with Gasteiger partial charge in [-0.25, -0.2) is 4.98 Å². The number of nitrogens with zero attached hydrogens (tertiary/aromatic N) is 2. The molecule has 2 heterocycles. The minimum absolute atomic E-state index is 0. The van der Waals surface area contributed by atoms with E-state index >= 15 is 0 Å². The second-order valence-corrected chi connectivity index (χ2v) is 7.72. The average molecular weight is 470 g/mol. The highest BCUT2D eigenvalue weighted by atomic mass is 35.5. The highest BCUT2D eigenvalue weighted by Gasteiger charge is 2.22. The van der Waals surface area contributed by atoms with Crippen LogP contribution in [-0.2, 0) is 11.2 Å². The Kier molecular flexibility index (Phi) is 7.12. The molecule has 0 unspecified atom stereocenters. The predicted molar refractivity (Wildman–Crippen MR) is 127 cm³/mol. The lowest BCUT2D eigenvalue weighted by Crippen LogP contribution is -2.45. The van der Waals surface area contributed by atoms with Crippen LogP contribution in [0.1, 0.15) is 23.3 Å². The Hall–Kier alpha value is -3.42. The van der Waals surface area contributed by atoms with Crippen LogP contribution in [0.5, 0.6) is 0 Å². The summed E-state index contributed by atoms with van der Waals surface area (Å²) in [5.74, 6) is -0.506. The number of para-hydroxylation sites is 1. The van der Waals surface area contributed by atoms with Gasteiger partial charge in [0.05, 0.1) is 21.1 Å². The normalized spacial score (nSPS) is 11.6. The number of amides is 2. The number of carbonyl (C=O) groups excluding carboxylic acids is 2. The molecule has 9 heteroatoms. The Balaban J connectivity index is 0.00000289. The SMILES string of the molecule is C.NC(=O)[C@@H](Cc1ccc(Cl)c(Cl)c1)NC(=O)c1cccc2[nH]c(-c3ccncc3)nc12. The molecule has 0 saturated carbocycles. The Bertz CT molecular complexity index is 1270. The molecule has 0 spiro atoms. The third kappa shape index (κ3) is 4.90. The Morgan fingerprint density at radius 3 is 2.50 bits per heavy atom. The van der Waals surface area contributed by atoms with Gasteiger partial charge in [-0.3, -0.25) is 14.6 Å². The zero-order chi connectivity index (χ0) is 22.0. The van der Waals surface area contributed by atoms with Gasteiger partial charge in [0.25, 0.3) is 5.91 Å². The summed E-state index contributed by atoms with van der Waals surface area (Å²) in [4.78, 5) is 36.8. The van der Waals surface area contributed by atoms with E-state index in [0.29, 0.717) is 32.5 Å². The Morgan fingerprint density at radius 2 is 1.81 bits per heavy atom. The van der Waals surface area contributed by atoms with Gasteiger partial charge in [-0.05, 0) is 42.0 Å². The number of nitrogens with two attached hydrogens (primary N) is 1. The van der Waals surface area contributed by atoms with Crippen LogP contribution in [0.4, 0.5) is 0 Å². The summed E-state index contributed by atoms with van der Waals surface area (Å²) in [5.41, 5.74) is 8.60. The topological polar surface area (TPSA) is 114 Å². The van der Waals surface area contributed by atoms with E-state index in [4.69, 9.17) is 28.9 Å². The molecule has 0 aliphatic carbocycles. The van der Waals surface area contributed by atoms with Gasteiger partial charge >= 0.3 is 0 Å². The number of nitrogens with one attached hydrogen (secondary N) is 2. The molecule has 1 atom stereocenters. The van der Waals surface area contributed by atoms with Crippen LogP contribution >= 0.6 is 23.2 Å². The van der Waals surface area contributed by atoms with E-state index in [2.05, 4.69) is 20.3 Å². The number of fused-ring (bicyclic) bond motifs is 1. The van der Waals surface area contributed by atoms with E-state index < -0.39 is 17.9 Å². The maximum Gasteiger partial charge on any atom is 0.254 e. The van der Waals surface area contributed by atoms with Crippen LogP contribution in [0, 0.1) is 0 Å². The predicted octanol–water partition coefficient (Wildman–Crippen LogP) is 4.39. The molecule has 7 nitrogen and oxygen atoms in total. The first kappa shape index (κ1) is 23.2. The largest absolute Gasteiger partial charge is 0.368 e. The van der Waals surface area contributed by atoms with Crippen molar-refractivity contribution in [2.24, 2.45) is 5.73 Å². The molecule has 0 fully saturated rings. The zero-order valence-electron chi connectivity index (χ0n) is 16.1. The van der Waals surface area contributed by atoms with E-state index in [1.807, 2.05) is 18.2 Å². The molecule has 0 saturated heterocycles. The maximum atomic E-state index is 13.0. The van der Waals surface area contributed by atoms with Crippen molar-refractivity contribution in [3.8, 4) is 11.4 Å². The van der Waals surface area contributed by atoms with Gasteiger partial charge in [-0.2, -0.15) is 0 Å². The summed E-state index contributed by atoms with van der Waals surface area (Å²) < 4.78 is 0. The Labute approximate surface area is 195 Å². The zero-order valence-corrected chi connectivity index (χ0v) is 17.6. The number of hydrogen-bond acceptors (Lipinski definition) is 4. The molecule has 0 radical (unpaired) electrons. The van der Waals surface area contributed by atoms with Crippen LogP contribution in [0.25, 0.3) is 22.4 Å². The molecule has 0 bridgehead atoms. The third-order valence-corrected chi connectivity index (χ3v) is 5.52. The Morgan fingerprint density at radius 1 is 1.06 bits per heavy atom. The van der Waals surface area contributed by atoms with Gasteiger partial charge in [0, 0.05) is 24.4 Å². The molecule has 2 aromatic heterocycles. The van der Waals surface area contributed by atoms with Crippen LogP contribution in [-0.4, -0.2) is 32.8 Å². The highest BCUT2D eigenvalue weighted by molar-refractivity contribution is 6.42. The quantitative estimate of drug-likeness (QED) is 0.388. The first-order chi connectivity index (χ1) is 14.9. The molecule has 0 aliphatic heterocycles. The van der Waals surface area contributed by atoms with Crippen molar-refractivity contribution in [2.45, 2.75) is 19.9 Å². The lowest BCUT2D eigenvalue weighted by molar-refractivity contribution is -0.119. The second kappa shape index (κ2) is 9.80. The number of rotatable bonds is 6. The molecular weight excluding hydrogens is 449 g/mol. The number of imidazole rings is 1. The minimum atomic E-state index is -0.932. The van der Waals surface area contributed by atoms with Crippen molar-refractivity contribution < 1.29 is 9.59 Å². The van der Waals surface area contributed by atoms with Gasteiger partial charge in [0.1, 0.15) is 17.4 Å². The summed E-state index contributed by atoms with van der Waals surface area (Å²) in [6, 6.07) is 12.9. The second-order valence-electron chi connectivity index (χ2n) is 6.90. The fourth-order valence-electron chi connectivity index (χ4n) is 3.22. The van der Waals surface area contributed by atoms with Crippen molar-refractivity contribution in [3.63, 3.8) is 0 Å². The number of halogens is 2. The molecule has 4 rings (SSSR count). The molecule has 2 amide bonds. The number of pyridine rings is 1. The monoisotopic (exact) mass is 469 g/mol. The molecule has 0 aliphatic rings.